The molecule has 0 saturated heterocycles. The van der Waals surface area contributed by atoms with Gasteiger partial charge in [-0.2, -0.15) is 4.68 Å². The molecule has 0 atom stereocenters. The average Bonchev–Trinajstić information content (AvgIpc) is 3.38. The quantitative estimate of drug-likeness (QED) is 0.372. The first-order valence-electron chi connectivity index (χ1n) is 9.98. The highest BCUT2D eigenvalue weighted by Crippen LogP contribution is 2.26. The minimum atomic E-state index is -0.733. The standard InChI is InChI=1S/C22H20N6O5/c1-3-32-22(30)18-11-23-13-27(21(18)29)16-7-8-20(19(10-16)28-14-24-25-26-28)33-12-15-5-4-6-17(9-15)31-2/h4-11,13-14H,3,12H2,1-2H3. The van der Waals surface area contributed by atoms with Crippen LogP contribution in [0.15, 0.2) is 66.1 Å². The summed E-state index contributed by atoms with van der Waals surface area (Å²) < 4.78 is 18.9. The van der Waals surface area contributed by atoms with E-state index in [2.05, 4.69) is 20.5 Å². The molecule has 0 radical (unpaired) electrons. The topological polar surface area (TPSA) is 123 Å². The molecule has 4 aromatic rings. The van der Waals surface area contributed by atoms with Gasteiger partial charge in [0.25, 0.3) is 5.56 Å². The van der Waals surface area contributed by atoms with E-state index in [1.54, 1.807) is 32.2 Å². The fourth-order valence-electron chi connectivity index (χ4n) is 3.10. The molecule has 0 N–H and O–H groups in total. The minimum absolute atomic E-state index is 0.149. The first-order valence-corrected chi connectivity index (χ1v) is 9.98. The molecule has 0 bridgehead atoms. The molecule has 0 aliphatic heterocycles. The predicted octanol–water partition coefficient (Wildman–Crippen LogP) is 1.97. The predicted molar refractivity (Wildman–Crippen MR) is 116 cm³/mol. The lowest BCUT2D eigenvalue weighted by molar-refractivity contribution is 0.0523. The Morgan fingerprint density at radius 3 is 2.76 bits per heavy atom. The van der Waals surface area contributed by atoms with Crippen LogP contribution in [0.2, 0.25) is 0 Å². The average molecular weight is 448 g/mol. The van der Waals surface area contributed by atoms with Crippen LogP contribution in [-0.4, -0.2) is 49.4 Å². The maximum atomic E-state index is 12.9. The number of carbonyl (C=O) groups excluding carboxylic acids is 1. The number of nitrogens with zero attached hydrogens (tertiary/aromatic N) is 6. The monoisotopic (exact) mass is 448 g/mol. The van der Waals surface area contributed by atoms with Gasteiger partial charge >= 0.3 is 5.97 Å². The van der Waals surface area contributed by atoms with Crippen LogP contribution in [0.5, 0.6) is 11.5 Å². The molecule has 2 aromatic heterocycles. The smallest absolute Gasteiger partial charge is 0.345 e. The number of ether oxygens (including phenoxy) is 3. The van der Waals surface area contributed by atoms with Crippen LogP contribution < -0.4 is 15.0 Å². The third kappa shape index (κ3) is 4.71. The fourth-order valence-corrected chi connectivity index (χ4v) is 3.10. The molecule has 0 amide bonds. The highest BCUT2D eigenvalue weighted by molar-refractivity contribution is 5.88. The molecule has 0 aliphatic carbocycles. The molecule has 11 nitrogen and oxygen atoms in total. The van der Waals surface area contributed by atoms with Crippen LogP contribution in [-0.2, 0) is 11.3 Å². The van der Waals surface area contributed by atoms with Gasteiger partial charge in [0.2, 0.25) is 0 Å². The molecule has 2 heterocycles. The third-order valence-electron chi connectivity index (χ3n) is 4.68. The molecule has 0 spiro atoms. The van der Waals surface area contributed by atoms with E-state index in [9.17, 15) is 9.59 Å². The van der Waals surface area contributed by atoms with Crippen molar-refractivity contribution in [3.8, 4) is 22.9 Å². The molecule has 168 valence electrons. The van der Waals surface area contributed by atoms with Crippen LogP contribution in [0.4, 0.5) is 0 Å². The van der Waals surface area contributed by atoms with Gasteiger partial charge in [-0.15, -0.1) is 5.10 Å². The van der Waals surface area contributed by atoms with Crippen LogP contribution in [0.1, 0.15) is 22.8 Å². The Hall–Kier alpha value is -4.54. The summed E-state index contributed by atoms with van der Waals surface area (Å²) in [5, 5.41) is 11.3. The van der Waals surface area contributed by atoms with Crippen molar-refractivity contribution >= 4 is 5.97 Å². The fraction of sp³-hybridized carbons (Fsp3) is 0.182. The van der Waals surface area contributed by atoms with Gasteiger partial charge in [0.05, 0.1) is 19.4 Å². The Labute approximate surface area is 188 Å². The number of esters is 1. The molecular formula is C22H20N6O5. The Bertz CT molecular complexity index is 1320. The van der Waals surface area contributed by atoms with E-state index in [0.717, 1.165) is 11.3 Å². The van der Waals surface area contributed by atoms with Crippen molar-refractivity contribution in [2.75, 3.05) is 13.7 Å². The van der Waals surface area contributed by atoms with Crippen LogP contribution >= 0.6 is 0 Å². The highest BCUT2D eigenvalue weighted by Gasteiger charge is 2.17. The second kappa shape index (κ2) is 9.73. The Morgan fingerprint density at radius 1 is 1.12 bits per heavy atom. The van der Waals surface area contributed by atoms with Gasteiger partial charge in [-0.1, -0.05) is 12.1 Å². The first-order chi connectivity index (χ1) is 16.1. The number of carbonyl (C=O) groups is 1. The van der Waals surface area contributed by atoms with E-state index in [1.165, 1.54) is 28.1 Å². The number of benzene rings is 2. The zero-order chi connectivity index (χ0) is 23.2. The minimum Gasteiger partial charge on any atom is -0.497 e. The summed E-state index contributed by atoms with van der Waals surface area (Å²) in [6.07, 6.45) is 3.92. The molecule has 11 heteroatoms. The normalized spacial score (nSPS) is 10.6. The molecule has 0 fully saturated rings. The Balaban J connectivity index is 1.70. The van der Waals surface area contributed by atoms with Gasteiger partial charge in [0, 0.05) is 6.20 Å². The van der Waals surface area contributed by atoms with Gasteiger partial charge in [-0.3, -0.25) is 9.36 Å². The zero-order valence-corrected chi connectivity index (χ0v) is 17.9. The van der Waals surface area contributed by atoms with Crippen molar-refractivity contribution < 1.29 is 19.0 Å². The molecule has 4 rings (SSSR count). The van der Waals surface area contributed by atoms with E-state index in [-0.39, 0.29) is 18.8 Å². The number of rotatable bonds is 8. The second-order valence-corrected chi connectivity index (χ2v) is 6.75. The number of hydrogen-bond acceptors (Lipinski definition) is 9. The molecule has 0 saturated carbocycles. The Kier molecular flexibility index (Phi) is 6.39. The molecule has 2 aromatic carbocycles. The van der Waals surface area contributed by atoms with Crippen molar-refractivity contribution in [2.24, 2.45) is 0 Å². The van der Waals surface area contributed by atoms with Crippen molar-refractivity contribution in [3.63, 3.8) is 0 Å². The van der Waals surface area contributed by atoms with E-state index in [1.807, 2.05) is 24.3 Å². The van der Waals surface area contributed by atoms with E-state index in [4.69, 9.17) is 14.2 Å². The second-order valence-electron chi connectivity index (χ2n) is 6.75. The van der Waals surface area contributed by atoms with E-state index < -0.39 is 11.5 Å². The number of hydrogen-bond donors (Lipinski definition) is 0. The Morgan fingerprint density at radius 2 is 2.00 bits per heavy atom. The first kappa shape index (κ1) is 21.7. The molecule has 0 aliphatic rings. The molecule has 0 unspecified atom stereocenters. The summed E-state index contributed by atoms with van der Waals surface area (Å²) in [7, 11) is 1.60. The lowest BCUT2D eigenvalue weighted by Gasteiger charge is -2.14. The van der Waals surface area contributed by atoms with Gasteiger partial charge in [-0.05, 0) is 53.2 Å². The summed E-state index contributed by atoms with van der Waals surface area (Å²) in [5.41, 5.74) is 1.12. The maximum absolute atomic E-state index is 12.9. The molecule has 33 heavy (non-hydrogen) atoms. The van der Waals surface area contributed by atoms with E-state index in [0.29, 0.717) is 17.1 Å². The van der Waals surface area contributed by atoms with Crippen LogP contribution in [0.3, 0.4) is 0 Å². The van der Waals surface area contributed by atoms with Gasteiger partial charge < -0.3 is 14.2 Å². The number of methoxy groups -OCH3 is 1. The molecular weight excluding hydrogens is 428 g/mol. The third-order valence-corrected chi connectivity index (χ3v) is 4.68. The lowest BCUT2D eigenvalue weighted by Crippen LogP contribution is -2.26. The zero-order valence-electron chi connectivity index (χ0n) is 17.9. The van der Waals surface area contributed by atoms with Gasteiger partial charge in [0.1, 0.15) is 42.0 Å². The summed E-state index contributed by atoms with van der Waals surface area (Å²) in [6.45, 7) is 2.08. The van der Waals surface area contributed by atoms with Crippen molar-refractivity contribution in [1.29, 1.82) is 0 Å². The van der Waals surface area contributed by atoms with Crippen LogP contribution in [0, 0.1) is 0 Å². The SMILES string of the molecule is CCOC(=O)c1cncn(-c2ccc(OCc3cccc(OC)c3)c(-n3cnnn3)c2)c1=O. The summed E-state index contributed by atoms with van der Waals surface area (Å²) in [5.74, 6) is 0.472. The summed E-state index contributed by atoms with van der Waals surface area (Å²) in [4.78, 5) is 29.0. The van der Waals surface area contributed by atoms with E-state index >= 15 is 0 Å². The number of aromatic nitrogens is 6. The van der Waals surface area contributed by atoms with Crippen molar-refractivity contribution in [1.82, 2.24) is 29.8 Å². The largest absolute Gasteiger partial charge is 0.497 e. The summed E-state index contributed by atoms with van der Waals surface area (Å²) >= 11 is 0. The van der Waals surface area contributed by atoms with Crippen LogP contribution in [0.25, 0.3) is 11.4 Å². The number of tetrazole rings is 1. The van der Waals surface area contributed by atoms with Crippen molar-refractivity contribution in [2.45, 2.75) is 13.5 Å². The van der Waals surface area contributed by atoms with Crippen molar-refractivity contribution in [3.05, 3.63) is 82.8 Å². The van der Waals surface area contributed by atoms with Gasteiger partial charge in [0.15, 0.2) is 0 Å². The summed E-state index contributed by atoms with van der Waals surface area (Å²) in [6, 6.07) is 12.5. The maximum Gasteiger partial charge on any atom is 0.345 e. The lowest BCUT2D eigenvalue weighted by atomic mass is 10.2. The van der Waals surface area contributed by atoms with Gasteiger partial charge in [-0.25, -0.2) is 9.78 Å². The highest BCUT2D eigenvalue weighted by atomic mass is 16.5.